The zero-order valence-electron chi connectivity index (χ0n) is 22.0. The van der Waals surface area contributed by atoms with Crippen molar-refractivity contribution >= 4 is 21.7 Å². The van der Waals surface area contributed by atoms with Gasteiger partial charge in [-0.15, -0.1) is 0 Å². The van der Waals surface area contributed by atoms with Gasteiger partial charge in [0.2, 0.25) is 17.6 Å². The number of nitrogens with one attached hydrogen (secondary N) is 1. The summed E-state index contributed by atoms with van der Waals surface area (Å²) in [5.74, 6) is -0.0197. The molecule has 1 aromatic carbocycles. The first-order valence-corrected chi connectivity index (χ1v) is 13.2. The summed E-state index contributed by atoms with van der Waals surface area (Å²) in [6.45, 7) is 5.69. The highest BCUT2D eigenvalue weighted by atomic mass is 32.2. The SMILES string of the molecule is COc1ccc(-c2ccc(C(=O)NS(=O)(=O)c3cccc(N)n3)c(Oc3c(C)cc(C)cc3C)n2)c(OC)n1. The molecule has 3 heterocycles. The lowest BCUT2D eigenvalue weighted by Crippen LogP contribution is -2.31. The number of carbonyl (C=O) groups is 1. The van der Waals surface area contributed by atoms with Crippen molar-refractivity contribution in [3.63, 3.8) is 0 Å². The van der Waals surface area contributed by atoms with Crippen molar-refractivity contribution in [3.05, 3.63) is 76.9 Å². The van der Waals surface area contributed by atoms with E-state index in [1.165, 1.54) is 44.6 Å². The maximum atomic E-state index is 13.3. The van der Waals surface area contributed by atoms with E-state index in [0.717, 1.165) is 16.7 Å². The third-order valence-electron chi connectivity index (χ3n) is 5.67. The van der Waals surface area contributed by atoms with E-state index < -0.39 is 21.0 Å². The Morgan fingerprint density at radius 2 is 1.59 bits per heavy atom. The summed E-state index contributed by atoms with van der Waals surface area (Å²) in [5.41, 5.74) is 9.03. The van der Waals surface area contributed by atoms with E-state index in [9.17, 15) is 13.2 Å². The van der Waals surface area contributed by atoms with Crippen LogP contribution in [0.3, 0.4) is 0 Å². The van der Waals surface area contributed by atoms with Crippen LogP contribution >= 0.6 is 0 Å². The number of methoxy groups -OCH3 is 2. The second-order valence-electron chi connectivity index (χ2n) is 8.62. The van der Waals surface area contributed by atoms with Gasteiger partial charge in [0.25, 0.3) is 15.9 Å². The summed E-state index contributed by atoms with van der Waals surface area (Å²) in [5, 5.41) is -0.401. The Kier molecular flexibility index (Phi) is 7.68. The summed E-state index contributed by atoms with van der Waals surface area (Å²) >= 11 is 0. The number of aromatic nitrogens is 3. The maximum absolute atomic E-state index is 13.3. The fourth-order valence-corrected chi connectivity index (χ4v) is 4.90. The molecule has 3 N–H and O–H groups in total. The zero-order valence-corrected chi connectivity index (χ0v) is 22.8. The fourth-order valence-electron chi connectivity index (χ4n) is 3.96. The highest BCUT2D eigenvalue weighted by Crippen LogP contribution is 2.35. The molecule has 0 saturated carbocycles. The zero-order chi connectivity index (χ0) is 28.3. The van der Waals surface area contributed by atoms with Crippen LogP contribution in [0.25, 0.3) is 11.3 Å². The van der Waals surface area contributed by atoms with Crippen LogP contribution < -0.4 is 24.7 Å². The molecule has 4 aromatic rings. The minimum atomic E-state index is -4.34. The van der Waals surface area contributed by atoms with Crippen LogP contribution in [0, 0.1) is 20.8 Å². The molecule has 12 heteroatoms. The van der Waals surface area contributed by atoms with Gasteiger partial charge < -0.3 is 19.9 Å². The average Bonchev–Trinajstić information content (AvgIpc) is 2.90. The lowest BCUT2D eigenvalue weighted by atomic mass is 10.1. The Balaban J connectivity index is 1.81. The van der Waals surface area contributed by atoms with Crippen LogP contribution in [0.4, 0.5) is 5.82 Å². The van der Waals surface area contributed by atoms with E-state index in [1.807, 2.05) is 37.6 Å². The number of ether oxygens (including phenoxy) is 3. The third-order valence-corrected chi connectivity index (χ3v) is 6.90. The Labute approximate surface area is 226 Å². The van der Waals surface area contributed by atoms with Gasteiger partial charge in [0.05, 0.1) is 25.5 Å². The number of anilines is 1. The van der Waals surface area contributed by atoms with Crippen molar-refractivity contribution in [2.45, 2.75) is 25.8 Å². The molecule has 202 valence electrons. The predicted molar refractivity (Wildman–Crippen MR) is 145 cm³/mol. The molecule has 0 atom stereocenters. The van der Waals surface area contributed by atoms with Gasteiger partial charge >= 0.3 is 0 Å². The van der Waals surface area contributed by atoms with Crippen molar-refractivity contribution in [1.29, 1.82) is 0 Å². The van der Waals surface area contributed by atoms with Crippen molar-refractivity contribution in [3.8, 4) is 34.6 Å². The van der Waals surface area contributed by atoms with E-state index in [4.69, 9.17) is 19.9 Å². The molecule has 0 spiro atoms. The second-order valence-corrected chi connectivity index (χ2v) is 10.3. The van der Waals surface area contributed by atoms with Gasteiger partial charge in [-0.3, -0.25) is 4.79 Å². The van der Waals surface area contributed by atoms with Gasteiger partial charge in [-0.2, -0.15) is 13.4 Å². The number of sulfonamides is 1. The summed E-state index contributed by atoms with van der Waals surface area (Å²) in [4.78, 5) is 25.9. The monoisotopic (exact) mass is 549 g/mol. The first-order valence-electron chi connectivity index (χ1n) is 11.7. The van der Waals surface area contributed by atoms with Gasteiger partial charge in [0, 0.05) is 6.07 Å². The first kappa shape index (κ1) is 27.3. The lowest BCUT2D eigenvalue weighted by Gasteiger charge is -2.16. The molecule has 0 saturated heterocycles. The second kappa shape index (κ2) is 11.0. The van der Waals surface area contributed by atoms with Gasteiger partial charge in [0.15, 0.2) is 5.03 Å². The molecule has 4 rings (SSSR count). The predicted octanol–water partition coefficient (Wildman–Crippen LogP) is 3.97. The third kappa shape index (κ3) is 5.91. The number of aryl methyl sites for hydroxylation is 3. The van der Waals surface area contributed by atoms with E-state index in [1.54, 1.807) is 12.1 Å². The van der Waals surface area contributed by atoms with Gasteiger partial charge in [0.1, 0.15) is 17.1 Å². The first-order chi connectivity index (χ1) is 18.5. The highest BCUT2D eigenvalue weighted by molar-refractivity contribution is 7.90. The molecular formula is C27H27N5O6S. The largest absolute Gasteiger partial charge is 0.481 e. The van der Waals surface area contributed by atoms with Crippen LogP contribution in [0.15, 0.2) is 59.6 Å². The number of nitrogens with two attached hydrogens (primary N) is 1. The number of rotatable bonds is 8. The number of nitrogens with zero attached hydrogens (tertiary/aromatic N) is 3. The fraction of sp³-hybridized carbons (Fsp3) is 0.185. The highest BCUT2D eigenvalue weighted by Gasteiger charge is 2.25. The van der Waals surface area contributed by atoms with Crippen molar-refractivity contribution < 1.29 is 27.4 Å². The van der Waals surface area contributed by atoms with Crippen LogP contribution in [0.5, 0.6) is 23.4 Å². The van der Waals surface area contributed by atoms with Crippen LogP contribution in [0.2, 0.25) is 0 Å². The van der Waals surface area contributed by atoms with Gasteiger partial charge in [-0.05, 0) is 62.2 Å². The Morgan fingerprint density at radius 1 is 0.872 bits per heavy atom. The van der Waals surface area contributed by atoms with Crippen molar-refractivity contribution in [2.75, 3.05) is 20.0 Å². The molecule has 0 aliphatic rings. The van der Waals surface area contributed by atoms with E-state index in [-0.39, 0.29) is 23.1 Å². The Morgan fingerprint density at radius 3 is 2.23 bits per heavy atom. The van der Waals surface area contributed by atoms with Crippen molar-refractivity contribution in [1.82, 2.24) is 19.7 Å². The molecule has 3 aromatic heterocycles. The molecule has 11 nitrogen and oxygen atoms in total. The summed E-state index contributed by atoms with van der Waals surface area (Å²) in [6.07, 6.45) is 0. The lowest BCUT2D eigenvalue weighted by molar-refractivity contribution is 0.0978. The standard InChI is InChI=1S/C27H27N5O6S/c1-15-13-16(2)24(17(3)14-15)38-27-19(25(33)32-39(34,35)23-8-6-7-21(28)30-23)9-11-20(29-27)18-10-12-22(36-4)31-26(18)37-5/h6-14H,1-5H3,(H2,28,30)(H,32,33). The van der Waals surface area contributed by atoms with Gasteiger partial charge in [-0.25, -0.2) is 14.7 Å². The molecule has 0 aliphatic heterocycles. The van der Waals surface area contributed by atoms with E-state index in [0.29, 0.717) is 22.9 Å². The number of benzene rings is 1. The Bertz CT molecular complexity index is 1650. The molecule has 0 bridgehead atoms. The minimum Gasteiger partial charge on any atom is -0.481 e. The van der Waals surface area contributed by atoms with Gasteiger partial charge in [-0.1, -0.05) is 23.8 Å². The molecule has 0 aliphatic carbocycles. The number of carbonyl (C=O) groups excluding carboxylic acids is 1. The van der Waals surface area contributed by atoms with E-state index >= 15 is 0 Å². The number of nitrogen functional groups attached to an aromatic ring is 1. The molecule has 0 unspecified atom stereocenters. The van der Waals surface area contributed by atoms with E-state index in [2.05, 4.69) is 15.0 Å². The quantitative estimate of drug-likeness (QED) is 0.330. The summed E-state index contributed by atoms with van der Waals surface area (Å²) < 4.78 is 44.5. The van der Waals surface area contributed by atoms with Crippen LogP contribution in [0.1, 0.15) is 27.0 Å². The number of hydrogen-bond donors (Lipinski definition) is 2. The normalized spacial score (nSPS) is 11.1. The molecule has 39 heavy (non-hydrogen) atoms. The molecule has 1 amide bonds. The molecular weight excluding hydrogens is 522 g/mol. The van der Waals surface area contributed by atoms with Crippen LogP contribution in [-0.2, 0) is 10.0 Å². The van der Waals surface area contributed by atoms with Crippen LogP contribution in [-0.4, -0.2) is 43.5 Å². The molecule has 0 fully saturated rings. The minimum absolute atomic E-state index is 0.00673. The molecule has 0 radical (unpaired) electrons. The van der Waals surface area contributed by atoms with Crippen molar-refractivity contribution in [2.24, 2.45) is 0 Å². The summed E-state index contributed by atoms with van der Waals surface area (Å²) in [6, 6.07) is 14.2. The maximum Gasteiger partial charge on any atom is 0.281 e. The summed E-state index contributed by atoms with van der Waals surface area (Å²) in [7, 11) is -1.40. The number of pyridine rings is 3. The number of hydrogen-bond acceptors (Lipinski definition) is 10. The average molecular weight is 550 g/mol. The smallest absolute Gasteiger partial charge is 0.281 e. The topological polar surface area (TPSA) is 156 Å². The Hall–Kier alpha value is -4.71. The number of amides is 1.